The highest BCUT2D eigenvalue weighted by molar-refractivity contribution is 6.07. The number of nitrogens with one attached hydrogen (secondary N) is 1. The largest absolute Gasteiger partial charge is 0.325 e. The topological polar surface area (TPSA) is 91.0 Å². The lowest BCUT2D eigenvalue weighted by Crippen LogP contribution is -2.41. The minimum absolute atomic E-state index is 0.0143. The van der Waals surface area contributed by atoms with Crippen molar-refractivity contribution in [3.05, 3.63) is 53.3 Å². The van der Waals surface area contributed by atoms with Gasteiger partial charge in [-0.2, -0.15) is 10.4 Å². The predicted molar refractivity (Wildman–Crippen MR) is 99.7 cm³/mol. The Balaban J connectivity index is 1.76. The summed E-state index contributed by atoms with van der Waals surface area (Å²) in [5.74, 6) is -0.288. The summed E-state index contributed by atoms with van der Waals surface area (Å²) in [6.07, 6.45) is 3.04. The molecule has 1 fully saturated rings. The number of nitriles is 1. The van der Waals surface area contributed by atoms with E-state index in [4.69, 9.17) is 5.26 Å². The number of nitrogens with zero attached hydrogens (tertiary/aromatic N) is 4. The lowest BCUT2D eigenvalue weighted by atomic mass is 9.84. The summed E-state index contributed by atoms with van der Waals surface area (Å²) in [5.41, 5.74) is 1.28. The van der Waals surface area contributed by atoms with Crippen LogP contribution in [-0.2, 0) is 22.3 Å². The predicted octanol–water partition coefficient (Wildman–Crippen LogP) is 2.52. The number of hydrogen-bond donors (Lipinski definition) is 1. The van der Waals surface area contributed by atoms with Crippen LogP contribution in [-0.4, -0.2) is 33.2 Å². The second kappa shape index (κ2) is 6.54. The van der Waals surface area contributed by atoms with E-state index >= 15 is 0 Å². The second-order valence-corrected chi connectivity index (χ2v) is 7.94. The third kappa shape index (κ3) is 3.43. The average molecular weight is 365 g/mol. The first-order valence-electron chi connectivity index (χ1n) is 8.83. The van der Waals surface area contributed by atoms with Crippen molar-refractivity contribution in [3.63, 3.8) is 0 Å². The number of carbonyl (C=O) groups is 2. The Bertz CT molecular complexity index is 917. The zero-order valence-corrected chi connectivity index (χ0v) is 16.0. The molecule has 3 amide bonds. The number of imide groups is 1. The Labute approximate surface area is 158 Å². The number of rotatable bonds is 4. The fraction of sp³-hybridized carbons (Fsp3) is 0.400. The third-order valence-corrected chi connectivity index (χ3v) is 4.92. The van der Waals surface area contributed by atoms with Crippen molar-refractivity contribution < 1.29 is 9.59 Å². The van der Waals surface area contributed by atoms with Crippen LogP contribution in [0.25, 0.3) is 0 Å². The van der Waals surface area contributed by atoms with Crippen LogP contribution in [0.4, 0.5) is 4.79 Å². The summed E-state index contributed by atoms with van der Waals surface area (Å²) in [4.78, 5) is 26.6. The molecule has 1 aromatic carbocycles. The lowest BCUT2D eigenvalue weighted by molar-refractivity contribution is -0.131. The fourth-order valence-corrected chi connectivity index (χ4v) is 3.15. The summed E-state index contributed by atoms with van der Waals surface area (Å²) < 4.78 is 1.55. The standard InChI is InChI=1S/C20H23N5O2/c1-19(2,3)15-5-7-16(8-6-15)20(4)17(26)25(18(27)23-20)10-9-24-13-14(11-21)12-22-24/h5-8,12-13H,9-10H2,1-4H3,(H,23,27). The highest BCUT2D eigenvalue weighted by Crippen LogP contribution is 2.31. The summed E-state index contributed by atoms with van der Waals surface area (Å²) in [6.45, 7) is 8.62. The summed E-state index contributed by atoms with van der Waals surface area (Å²) >= 11 is 0. The molecule has 3 rings (SSSR count). The van der Waals surface area contributed by atoms with Gasteiger partial charge < -0.3 is 5.32 Å². The quantitative estimate of drug-likeness (QED) is 0.843. The molecule has 0 radical (unpaired) electrons. The summed E-state index contributed by atoms with van der Waals surface area (Å²) in [5, 5.41) is 15.7. The SMILES string of the molecule is CC(C)(C)c1ccc(C2(C)NC(=O)N(CCn3cc(C#N)cn3)C2=O)cc1. The minimum atomic E-state index is -1.09. The van der Waals surface area contributed by atoms with E-state index in [-0.39, 0.29) is 17.9 Å². The zero-order chi connectivity index (χ0) is 19.8. The van der Waals surface area contributed by atoms with Crippen molar-refractivity contribution in [1.82, 2.24) is 20.0 Å². The van der Waals surface area contributed by atoms with E-state index in [1.807, 2.05) is 30.3 Å². The number of aromatic nitrogens is 2. The van der Waals surface area contributed by atoms with Crippen LogP contribution in [0, 0.1) is 11.3 Å². The van der Waals surface area contributed by atoms with Crippen LogP contribution < -0.4 is 5.32 Å². The van der Waals surface area contributed by atoms with Crippen LogP contribution in [0.1, 0.15) is 44.4 Å². The first-order valence-corrected chi connectivity index (χ1v) is 8.83. The maximum absolute atomic E-state index is 13.0. The molecule has 7 nitrogen and oxygen atoms in total. The smallest absolute Gasteiger partial charge is 0.319 e. The van der Waals surface area contributed by atoms with Gasteiger partial charge in [0.05, 0.1) is 24.8 Å². The van der Waals surface area contributed by atoms with Gasteiger partial charge in [0.1, 0.15) is 11.6 Å². The molecular weight excluding hydrogens is 342 g/mol. The highest BCUT2D eigenvalue weighted by Gasteiger charge is 2.48. The molecule has 0 bridgehead atoms. The van der Waals surface area contributed by atoms with Crippen molar-refractivity contribution in [2.24, 2.45) is 0 Å². The zero-order valence-electron chi connectivity index (χ0n) is 16.0. The van der Waals surface area contributed by atoms with E-state index in [1.54, 1.807) is 17.8 Å². The van der Waals surface area contributed by atoms with Crippen molar-refractivity contribution in [2.45, 2.75) is 45.2 Å². The number of carbonyl (C=O) groups excluding carboxylic acids is 2. The molecule has 1 atom stereocenters. The molecule has 140 valence electrons. The van der Waals surface area contributed by atoms with Gasteiger partial charge in [0, 0.05) is 6.20 Å². The van der Waals surface area contributed by atoms with Gasteiger partial charge in [-0.3, -0.25) is 14.4 Å². The molecule has 1 aliphatic heterocycles. The normalized spacial score (nSPS) is 19.9. The van der Waals surface area contributed by atoms with E-state index in [1.165, 1.54) is 11.1 Å². The Kier molecular flexibility index (Phi) is 4.52. The van der Waals surface area contributed by atoms with Crippen LogP contribution >= 0.6 is 0 Å². The molecule has 7 heteroatoms. The number of amides is 3. The van der Waals surface area contributed by atoms with Gasteiger partial charge in [-0.1, -0.05) is 45.0 Å². The molecule has 1 saturated heterocycles. The molecule has 2 aromatic rings. The van der Waals surface area contributed by atoms with Crippen LogP contribution in [0.5, 0.6) is 0 Å². The Morgan fingerprint density at radius 2 is 1.85 bits per heavy atom. The van der Waals surface area contributed by atoms with Crippen LogP contribution in [0.15, 0.2) is 36.7 Å². The van der Waals surface area contributed by atoms with Crippen LogP contribution in [0.3, 0.4) is 0 Å². The summed E-state index contributed by atoms with van der Waals surface area (Å²) in [6, 6.07) is 9.37. The molecular formula is C20H23N5O2. The first kappa shape index (κ1) is 18.6. The van der Waals surface area contributed by atoms with Gasteiger partial charge in [0.25, 0.3) is 5.91 Å². The van der Waals surface area contributed by atoms with Gasteiger partial charge >= 0.3 is 6.03 Å². The Morgan fingerprint density at radius 1 is 1.19 bits per heavy atom. The number of benzene rings is 1. The van der Waals surface area contributed by atoms with Gasteiger partial charge in [0.2, 0.25) is 0 Å². The lowest BCUT2D eigenvalue weighted by Gasteiger charge is -2.24. The molecule has 1 aromatic heterocycles. The van der Waals surface area contributed by atoms with E-state index in [0.717, 1.165) is 11.1 Å². The van der Waals surface area contributed by atoms with Crippen molar-refractivity contribution >= 4 is 11.9 Å². The van der Waals surface area contributed by atoms with Crippen molar-refractivity contribution in [1.29, 1.82) is 5.26 Å². The van der Waals surface area contributed by atoms with E-state index in [9.17, 15) is 9.59 Å². The highest BCUT2D eigenvalue weighted by atomic mass is 16.2. The molecule has 0 spiro atoms. The maximum Gasteiger partial charge on any atom is 0.325 e. The van der Waals surface area contributed by atoms with E-state index in [0.29, 0.717) is 12.1 Å². The molecule has 1 N–H and O–H groups in total. The molecule has 0 saturated carbocycles. The van der Waals surface area contributed by atoms with Gasteiger partial charge in [-0.15, -0.1) is 0 Å². The Morgan fingerprint density at radius 3 is 2.41 bits per heavy atom. The van der Waals surface area contributed by atoms with Gasteiger partial charge in [0.15, 0.2) is 0 Å². The van der Waals surface area contributed by atoms with E-state index in [2.05, 4.69) is 31.2 Å². The van der Waals surface area contributed by atoms with Gasteiger partial charge in [-0.05, 0) is 23.5 Å². The van der Waals surface area contributed by atoms with Gasteiger partial charge in [-0.25, -0.2) is 4.79 Å². The van der Waals surface area contributed by atoms with Crippen LogP contribution in [0.2, 0.25) is 0 Å². The van der Waals surface area contributed by atoms with Crippen molar-refractivity contribution in [3.8, 4) is 6.07 Å². The molecule has 27 heavy (non-hydrogen) atoms. The number of hydrogen-bond acceptors (Lipinski definition) is 4. The Hall–Kier alpha value is -3.14. The molecule has 2 heterocycles. The number of urea groups is 1. The summed E-state index contributed by atoms with van der Waals surface area (Å²) in [7, 11) is 0. The fourth-order valence-electron chi connectivity index (χ4n) is 3.15. The molecule has 0 aliphatic carbocycles. The first-order chi connectivity index (χ1) is 12.6. The third-order valence-electron chi connectivity index (χ3n) is 4.92. The molecule has 1 aliphatic rings. The average Bonchev–Trinajstić information content (AvgIpc) is 3.16. The second-order valence-electron chi connectivity index (χ2n) is 7.94. The maximum atomic E-state index is 13.0. The van der Waals surface area contributed by atoms with E-state index < -0.39 is 11.6 Å². The minimum Gasteiger partial charge on any atom is -0.319 e. The van der Waals surface area contributed by atoms with Crippen molar-refractivity contribution in [2.75, 3.05) is 6.54 Å². The monoisotopic (exact) mass is 365 g/mol. The molecule has 1 unspecified atom stereocenters.